The number of halogens is 2. The Kier molecular flexibility index (Phi) is 4.53. The fourth-order valence-corrected chi connectivity index (χ4v) is 3.51. The molecule has 4 rings (SSSR count). The van der Waals surface area contributed by atoms with Gasteiger partial charge in [0.05, 0.1) is 23.0 Å². The number of pyridine rings is 1. The van der Waals surface area contributed by atoms with Gasteiger partial charge in [0, 0.05) is 29.1 Å². The van der Waals surface area contributed by atoms with Gasteiger partial charge < -0.3 is 10.4 Å². The number of fused-ring (bicyclic) bond motifs is 1. The number of aliphatic hydroxyl groups excluding tert-OH is 1. The zero-order valence-corrected chi connectivity index (χ0v) is 15.5. The molecule has 3 aromatic rings. The maximum absolute atomic E-state index is 13.5. The Morgan fingerprint density at radius 1 is 1.26 bits per heavy atom. The van der Waals surface area contributed by atoms with Gasteiger partial charge in [-0.3, -0.25) is 4.98 Å². The molecule has 0 aliphatic heterocycles. The highest BCUT2D eigenvalue weighted by Crippen LogP contribution is 2.39. The second-order valence-electron chi connectivity index (χ2n) is 6.95. The number of nitrogens with one attached hydrogen (secondary N) is 1. The molecule has 5 nitrogen and oxygen atoms in total. The average Bonchev–Trinajstić information content (AvgIpc) is 3.02. The lowest BCUT2D eigenvalue weighted by Gasteiger charge is -2.22. The molecular formula is C20H18ClFN4O. The molecule has 0 amide bonds. The van der Waals surface area contributed by atoms with Crippen molar-refractivity contribution in [2.24, 2.45) is 0 Å². The van der Waals surface area contributed by atoms with Gasteiger partial charge in [-0.15, -0.1) is 0 Å². The summed E-state index contributed by atoms with van der Waals surface area (Å²) < 4.78 is 13.5. The Morgan fingerprint density at radius 3 is 2.93 bits per heavy atom. The summed E-state index contributed by atoms with van der Waals surface area (Å²) in [6, 6.07) is 7.88. The average molecular weight is 385 g/mol. The molecular weight excluding hydrogens is 367 g/mol. The highest BCUT2D eigenvalue weighted by Gasteiger charge is 2.34. The van der Waals surface area contributed by atoms with E-state index in [-0.39, 0.29) is 12.0 Å². The van der Waals surface area contributed by atoms with Crippen molar-refractivity contribution in [3.63, 3.8) is 0 Å². The van der Waals surface area contributed by atoms with Gasteiger partial charge in [-0.2, -0.15) is 0 Å². The van der Waals surface area contributed by atoms with Crippen LogP contribution in [-0.4, -0.2) is 26.7 Å². The van der Waals surface area contributed by atoms with Crippen molar-refractivity contribution in [2.45, 2.75) is 25.2 Å². The van der Waals surface area contributed by atoms with E-state index in [9.17, 15) is 9.50 Å². The first-order chi connectivity index (χ1) is 13.0. The molecule has 1 aliphatic rings. The molecule has 1 aliphatic carbocycles. The third kappa shape index (κ3) is 3.38. The highest BCUT2D eigenvalue weighted by molar-refractivity contribution is 6.33. The van der Waals surface area contributed by atoms with Gasteiger partial charge in [0.25, 0.3) is 0 Å². The molecule has 2 heterocycles. The molecule has 1 unspecified atom stereocenters. The van der Waals surface area contributed by atoms with Crippen molar-refractivity contribution in [1.82, 2.24) is 15.0 Å². The maximum atomic E-state index is 13.5. The molecule has 7 heteroatoms. The minimum Gasteiger partial charge on any atom is -0.395 e. The minimum atomic E-state index is -0.399. The predicted molar refractivity (Wildman–Crippen MR) is 103 cm³/mol. The number of rotatable bonds is 4. The fourth-order valence-electron chi connectivity index (χ4n) is 3.34. The van der Waals surface area contributed by atoms with Crippen molar-refractivity contribution < 1.29 is 9.50 Å². The van der Waals surface area contributed by atoms with Crippen molar-refractivity contribution in [3.8, 4) is 11.3 Å². The molecule has 27 heavy (non-hydrogen) atoms. The van der Waals surface area contributed by atoms with Crippen LogP contribution in [0.3, 0.4) is 0 Å². The highest BCUT2D eigenvalue weighted by atomic mass is 35.5. The van der Waals surface area contributed by atoms with Gasteiger partial charge in [0.2, 0.25) is 5.95 Å². The molecule has 1 atom stereocenters. The van der Waals surface area contributed by atoms with Gasteiger partial charge >= 0.3 is 0 Å². The molecule has 0 saturated heterocycles. The van der Waals surface area contributed by atoms with Gasteiger partial charge in [-0.05, 0) is 48.7 Å². The molecule has 2 aromatic heterocycles. The number of aromatic nitrogens is 3. The monoisotopic (exact) mass is 384 g/mol. The second-order valence-corrected chi connectivity index (χ2v) is 7.36. The van der Waals surface area contributed by atoms with Crippen LogP contribution in [0.5, 0.6) is 0 Å². The van der Waals surface area contributed by atoms with E-state index in [0.717, 1.165) is 29.7 Å². The molecule has 0 bridgehead atoms. The van der Waals surface area contributed by atoms with E-state index in [1.165, 1.54) is 18.2 Å². The van der Waals surface area contributed by atoms with Crippen LogP contribution < -0.4 is 5.32 Å². The van der Waals surface area contributed by atoms with Gasteiger partial charge in [-0.25, -0.2) is 14.4 Å². The largest absolute Gasteiger partial charge is 0.395 e. The van der Waals surface area contributed by atoms with Crippen molar-refractivity contribution in [3.05, 3.63) is 64.8 Å². The van der Waals surface area contributed by atoms with E-state index in [4.69, 9.17) is 11.6 Å². The molecule has 0 spiro atoms. The van der Waals surface area contributed by atoms with E-state index in [1.807, 2.05) is 13.0 Å². The van der Waals surface area contributed by atoms with Crippen LogP contribution in [0, 0.1) is 5.82 Å². The summed E-state index contributed by atoms with van der Waals surface area (Å²) in [5.41, 5.74) is 3.72. The molecule has 0 saturated carbocycles. The third-order valence-corrected chi connectivity index (χ3v) is 5.34. The van der Waals surface area contributed by atoms with Crippen LogP contribution in [0.15, 0.2) is 42.7 Å². The number of nitrogens with zero attached hydrogens (tertiary/aromatic N) is 3. The first kappa shape index (κ1) is 17.8. The number of hydrogen-bond donors (Lipinski definition) is 2. The van der Waals surface area contributed by atoms with Gasteiger partial charge in [0.15, 0.2) is 0 Å². The van der Waals surface area contributed by atoms with Crippen LogP contribution in [0.25, 0.3) is 11.3 Å². The number of aliphatic hydroxyl groups is 1. The Balaban J connectivity index is 1.67. The zero-order valence-electron chi connectivity index (χ0n) is 14.7. The normalized spacial score (nSPS) is 18.4. The summed E-state index contributed by atoms with van der Waals surface area (Å²) in [5, 5.41) is 13.1. The molecule has 0 radical (unpaired) electrons. The van der Waals surface area contributed by atoms with Crippen LogP contribution in [0.1, 0.15) is 24.6 Å². The lowest BCUT2D eigenvalue weighted by molar-refractivity contribution is 0.206. The van der Waals surface area contributed by atoms with Gasteiger partial charge in [0.1, 0.15) is 5.82 Å². The summed E-state index contributed by atoms with van der Waals surface area (Å²) in [7, 11) is 0. The first-order valence-electron chi connectivity index (χ1n) is 8.64. The number of aryl methyl sites for hydroxylation is 1. The second kappa shape index (κ2) is 6.87. The lowest BCUT2D eigenvalue weighted by atomic mass is 9.85. The molecule has 138 valence electrons. The van der Waals surface area contributed by atoms with E-state index in [2.05, 4.69) is 20.3 Å². The quantitative estimate of drug-likeness (QED) is 0.702. The molecule has 1 aromatic carbocycles. The number of anilines is 2. The Labute approximate surface area is 161 Å². The van der Waals surface area contributed by atoms with E-state index in [1.54, 1.807) is 18.5 Å². The van der Waals surface area contributed by atoms with Crippen LogP contribution >= 0.6 is 11.6 Å². The first-order valence-corrected chi connectivity index (χ1v) is 9.02. The van der Waals surface area contributed by atoms with Crippen LogP contribution in [0.2, 0.25) is 5.02 Å². The third-order valence-electron chi connectivity index (χ3n) is 5.01. The predicted octanol–water partition coefficient (Wildman–Crippen LogP) is 4.27. The van der Waals surface area contributed by atoms with Crippen molar-refractivity contribution >= 4 is 23.2 Å². The van der Waals surface area contributed by atoms with Crippen molar-refractivity contribution in [2.75, 3.05) is 11.9 Å². The topological polar surface area (TPSA) is 70.9 Å². The van der Waals surface area contributed by atoms with E-state index in [0.29, 0.717) is 22.4 Å². The van der Waals surface area contributed by atoms with Crippen LogP contribution in [0.4, 0.5) is 16.0 Å². The summed E-state index contributed by atoms with van der Waals surface area (Å²) in [6.45, 7) is 2.13. The van der Waals surface area contributed by atoms with E-state index < -0.39 is 5.82 Å². The zero-order chi connectivity index (χ0) is 19.0. The van der Waals surface area contributed by atoms with E-state index >= 15 is 0 Å². The van der Waals surface area contributed by atoms with Crippen LogP contribution in [-0.2, 0) is 11.8 Å². The summed E-state index contributed by atoms with van der Waals surface area (Å²) in [4.78, 5) is 13.2. The summed E-state index contributed by atoms with van der Waals surface area (Å²) in [5.74, 6) is -0.0883. The minimum absolute atomic E-state index is 0.0831. The maximum Gasteiger partial charge on any atom is 0.227 e. The Morgan fingerprint density at radius 2 is 2.11 bits per heavy atom. The summed E-state index contributed by atoms with van der Waals surface area (Å²) in [6.07, 6.45) is 5.14. The number of hydrogen-bond acceptors (Lipinski definition) is 5. The standard InChI is InChI=1S/C20H18ClFN4O/c1-20(11-27)6-4-17-14(20)8-12(10-24-17)16-5-7-23-19(25-16)26-18-9-13(22)2-3-15(18)21/h2-3,5,7-10,27H,4,6,11H2,1H3,(H,23,25,26). The Hall–Kier alpha value is -2.57. The smallest absolute Gasteiger partial charge is 0.227 e. The van der Waals surface area contributed by atoms with Crippen molar-refractivity contribution in [1.29, 1.82) is 0 Å². The van der Waals surface area contributed by atoms with Gasteiger partial charge in [-0.1, -0.05) is 18.5 Å². The molecule has 2 N–H and O–H groups in total. The summed E-state index contributed by atoms with van der Waals surface area (Å²) >= 11 is 6.10. The lowest BCUT2D eigenvalue weighted by Crippen LogP contribution is -2.23. The SMILES string of the molecule is CC1(CO)CCc2ncc(-c3ccnc(Nc4cc(F)ccc4Cl)n3)cc21. The fraction of sp³-hybridized carbons (Fsp3) is 0.250. The number of benzene rings is 1. The Bertz CT molecular complexity index is 1010. The molecule has 0 fully saturated rings.